The van der Waals surface area contributed by atoms with Gasteiger partial charge in [-0.1, -0.05) is 48.5 Å². The standard InChI is InChI=1S/C24H18O4/c1-27-15-28-24-19(14-26)12-18-7-3-5-9-21(18)23(24)22-11-16(13-25)10-17-6-2-4-8-20(17)22/h2-14H,15H2,1H3. The van der Waals surface area contributed by atoms with Crippen molar-refractivity contribution in [3.63, 3.8) is 0 Å². The van der Waals surface area contributed by atoms with Gasteiger partial charge in [0.15, 0.2) is 13.1 Å². The van der Waals surface area contributed by atoms with Crippen LogP contribution in [0.3, 0.4) is 0 Å². The highest BCUT2D eigenvalue weighted by Gasteiger charge is 2.19. The summed E-state index contributed by atoms with van der Waals surface area (Å²) in [6.45, 7) is 0.0114. The van der Waals surface area contributed by atoms with Gasteiger partial charge in [0.05, 0.1) is 5.56 Å². The molecular formula is C24H18O4. The molecule has 0 aliphatic carbocycles. The van der Waals surface area contributed by atoms with E-state index in [4.69, 9.17) is 9.47 Å². The molecule has 4 nitrogen and oxygen atoms in total. The Morgan fingerprint density at radius 1 is 0.821 bits per heavy atom. The first kappa shape index (κ1) is 17.9. The third-order valence-electron chi connectivity index (χ3n) is 4.77. The maximum absolute atomic E-state index is 11.8. The molecule has 4 rings (SSSR count). The van der Waals surface area contributed by atoms with E-state index in [9.17, 15) is 9.59 Å². The first-order chi connectivity index (χ1) is 13.8. The normalized spacial score (nSPS) is 10.9. The molecule has 28 heavy (non-hydrogen) atoms. The Balaban J connectivity index is 2.17. The lowest BCUT2D eigenvalue weighted by Crippen LogP contribution is -2.04. The molecule has 138 valence electrons. The van der Waals surface area contributed by atoms with Gasteiger partial charge in [-0.2, -0.15) is 0 Å². The van der Waals surface area contributed by atoms with Crippen LogP contribution in [0.4, 0.5) is 0 Å². The van der Waals surface area contributed by atoms with E-state index in [2.05, 4.69) is 0 Å². The maximum Gasteiger partial charge on any atom is 0.188 e. The summed E-state index contributed by atoms with van der Waals surface area (Å²) in [6, 6.07) is 21.2. The molecule has 0 aliphatic rings. The summed E-state index contributed by atoms with van der Waals surface area (Å²) in [5, 5.41) is 3.78. The van der Waals surface area contributed by atoms with E-state index in [0.717, 1.165) is 45.2 Å². The van der Waals surface area contributed by atoms with Gasteiger partial charge in [-0.05, 0) is 45.3 Å². The molecule has 4 aromatic carbocycles. The molecule has 0 radical (unpaired) electrons. The van der Waals surface area contributed by atoms with Gasteiger partial charge in [-0.15, -0.1) is 0 Å². The highest BCUT2D eigenvalue weighted by atomic mass is 16.7. The highest BCUT2D eigenvalue weighted by molar-refractivity contribution is 6.11. The van der Waals surface area contributed by atoms with Crippen molar-refractivity contribution in [3.05, 3.63) is 77.9 Å². The van der Waals surface area contributed by atoms with Crippen molar-refractivity contribution in [1.29, 1.82) is 0 Å². The monoisotopic (exact) mass is 370 g/mol. The van der Waals surface area contributed by atoms with Gasteiger partial charge in [0.1, 0.15) is 12.0 Å². The van der Waals surface area contributed by atoms with Crippen LogP contribution in [0.2, 0.25) is 0 Å². The average Bonchev–Trinajstić information content (AvgIpc) is 2.75. The molecular weight excluding hydrogens is 352 g/mol. The number of rotatable bonds is 6. The average molecular weight is 370 g/mol. The number of hydrogen-bond donors (Lipinski definition) is 0. The molecule has 0 saturated heterocycles. The highest BCUT2D eigenvalue weighted by Crippen LogP contribution is 2.42. The lowest BCUT2D eigenvalue weighted by atomic mass is 9.90. The minimum absolute atomic E-state index is 0.0114. The largest absolute Gasteiger partial charge is 0.466 e. The number of carbonyl (C=O) groups excluding carboxylic acids is 2. The number of benzene rings is 4. The Bertz CT molecular complexity index is 1190. The van der Waals surface area contributed by atoms with Gasteiger partial charge in [0.25, 0.3) is 0 Å². The third-order valence-corrected chi connectivity index (χ3v) is 4.77. The summed E-state index contributed by atoms with van der Waals surface area (Å²) < 4.78 is 10.9. The van der Waals surface area contributed by atoms with E-state index >= 15 is 0 Å². The number of aldehydes is 2. The fourth-order valence-corrected chi connectivity index (χ4v) is 3.59. The Hall–Kier alpha value is -3.50. The Labute approximate surface area is 162 Å². The van der Waals surface area contributed by atoms with Crippen molar-refractivity contribution in [1.82, 2.24) is 0 Å². The molecule has 0 fully saturated rings. The van der Waals surface area contributed by atoms with Crippen molar-refractivity contribution >= 4 is 34.1 Å². The molecule has 0 amide bonds. The predicted octanol–water partition coefficient (Wildman–Crippen LogP) is 5.27. The molecule has 0 aromatic heterocycles. The van der Waals surface area contributed by atoms with Crippen molar-refractivity contribution in [2.24, 2.45) is 0 Å². The summed E-state index contributed by atoms with van der Waals surface area (Å²) in [5.74, 6) is 0.448. The summed E-state index contributed by atoms with van der Waals surface area (Å²) in [5.41, 5.74) is 2.61. The van der Waals surface area contributed by atoms with Gasteiger partial charge in [-0.3, -0.25) is 9.59 Å². The van der Waals surface area contributed by atoms with E-state index < -0.39 is 0 Å². The maximum atomic E-state index is 11.8. The fourth-order valence-electron chi connectivity index (χ4n) is 3.59. The van der Waals surface area contributed by atoms with Gasteiger partial charge >= 0.3 is 0 Å². The molecule has 0 bridgehead atoms. The summed E-state index contributed by atoms with van der Waals surface area (Å²) >= 11 is 0. The van der Waals surface area contributed by atoms with E-state index in [-0.39, 0.29) is 6.79 Å². The zero-order valence-electron chi connectivity index (χ0n) is 15.3. The SMILES string of the molecule is COCOc1c(C=O)cc2ccccc2c1-c1cc(C=O)cc2ccccc12. The molecule has 0 atom stereocenters. The van der Waals surface area contributed by atoms with Gasteiger partial charge < -0.3 is 9.47 Å². The summed E-state index contributed by atoms with van der Waals surface area (Å²) in [6.07, 6.45) is 1.62. The van der Waals surface area contributed by atoms with Crippen LogP contribution in [-0.4, -0.2) is 26.5 Å². The van der Waals surface area contributed by atoms with Gasteiger partial charge in [-0.25, -0.2) is 0 Å². The summed E-state index contributed by atoms with van der Waals surface area (Å²) in [4.78, 5) is 23.4. The Morgan fingerprint density at radius 2 is 1.50 bits per heavy atom. The molecule has 0 unspecified atom stereocenters. The minimum Gasteiger partial charge on any atom is -0.466 e. The van der Waals surface area contributed by atoms with Crippen molar-refractivity contribution in [2.45, 2.75) is 0 Å². The smallest absolute Gasteiger partial charge is 0.188 e. The number of methoxy groups -OCH3 is 1. The van der Waals surface area contributed by atoms with Crippen LogP contribution in [-0.2, 0) is 4.74 Å². The second-order valence-corrected chi connectivity index (χ2v) is 6.47. The lowest BCUT2D eigenvalue weighted by molar-refractivity contribution is 0.0510. The quantitative estimate of drug-likeness (QED) is 0.343. The van der Waals surface area contributed by atoms with Crippen LogP contribution in [0.1, 0.15) is 20.7 Å². The number of hydrogen-bond acceptors (Lipinski definition) is 4. The first-order valence-corrected chi connectivity index (χ1v) is 8.88. The van der Waals surface area contributed by atoms with E-state index in [1.165, 1.54) is 7.11 Å². The lowest BCUT2D eigenvalue weighted by Gasteiger charge is -2.18. The second-order valence-electron chi connectivity index (χ2n) is 6.47. The van der Waals surface area contributed by atoms with Crippen LogP contribution >= 0.6 is 0 Å². The Morgan fingerprint density at radius 3 is 2.18 bits per heavy atom. The van der Waals surface area contributed by atoms with Crippen molar-refractivity contribution < 1.29 is 19.1 Å². The van der Waals surface area contributed by atoms with Gasteiger partial charge in [0.2, 0.25) is 0 Å². The third kappa shape index (κ3) is 3.04. The molecule has 0 heterocycles. The van der Waals surface area contributed by atoms with E-state index in [1.54, 1.807) is 0 Å². The molecule has 0 aliphatic heterocycles. The topological polar surface area (TPSA) is 52.6 Å². The zero-order valence-corrected chi connectivity index (χ0v) is 15.3. The van der Waals surface area contributed by atoms with Crippen LogP contribution in [0.25, 0.3) is 32.7 Å². The second kappa shape index (κ2) is 7.62. The number of ether oxygens (including phenoxy) is 2. The van der Waals surface area contributed by atoms with Crippen LogP contribution in [0.5, 0.6) is 5.75 Å². The molecule has 0 spiro atoms. The van der Waals surface area contributed by atoms with Gasteiger partial charge in [0, 0.05) is 18.2 Å². The predicted molar refractivity (Wildman–Crippen MR) is 110 cm³/mol. The van der Waals surface area contributed by atoms with E-state index in [0.29, 0.717) is 16.9 Å². The number of carbonyl (C=O) groups is 2. The minimum atomic E-state index is 0.0114. The zero-order chi connectivity index (χ0) is 19.5. The number of fused-ring (bicyclic) bond motifs is 2. The fraction of sp³-hybridized carbons (Fsp3) is 0.0833. The first-order valence-electron chi connectivity index (χ1n) is 8.88. The Kier molecular flexibility index (Phi) is 4.87. The van der Waals surface area contributed by atoms with Crippen molar-refractivity contribution in [2.75, 3.05) is 13.9 Å². The van der Waals surface area contributed by atoms with Crippen LogP contribution in [0, 0.1) is 0 Å². The molecule has 0 N–H and O–H groups in total. The van der Waals surface area contributed by atoms with E-state index in [1.807, 2.05) is 66.7 Å². The van der Waals surface area contributed by atoms with Crippen LogP contribution in [0.15, 0.2) is 66.7 Å². The molecule has 0 saturated carbocycles. The van der Waals surface area contributed by atoms with Crippen LogP contribution < -0.4 is 4.74 Å². The molecule has 4 aromatic rings. The molecule has 4 heteroatoms. The van der Waals surface area contributed by atoms with Crippen molar-refractivity contribution in [3.8, 4) is 16.9 Å². The summed E-state index contributed by atoms with van der Waals surface area (Å²) in [7, 11) is 1.53.